The third-order valence-electron chi connectivity index (χ3n) is 4.22. The molecule has 0 aliphatic heterocycles. The van der Waals surface area contributed by atoms with E-state index in [4.69, 9.17) is 9.29 Å². The van der Waals surface area contributed by atoms with Crippen molar-refractivity contribution >= 4 is 45.6 Å². The third-order valence-corrected chi connectivity index (χ3v) is 4.82. The molecule has 0 saturated carbocycles. The molecule has 0 rings (SSSR count). The number of carbonyl (C=O) groups excluding carboxylic acids is 1. The first-order valence-corrected chi connectivity index (χ1v) is 11.8. The van der Waals surface area contributed by atoms with Crippen LogP contribution in [-0.4, -0.2) is 60.9 Å². The normalized spacial score (nSPS) is 11.5. The Morgan fingerprint density at radius 2 is 1.26 bits per heavy atom. The molecule has 5 nitrogen and oxygen atoms in total. The predicted molar refractivity (Wildman–Crippen MR) is 113 cm³/mol. The number of hydrogen-bond donors (Lipinski definition) is 1. The molecule has 0 aromatic carbocycles. The molecular weight excluding hydrogens is 375 g/mol. The Morgan fingerprint density at radius 1 is 0.815 bits per heavy atom. The summed E-state index contributed by atoms with van der Waals surface area (Å²) in [6, 6.07) is 0. The molecule has 0 unspecified atom stereocenters. The molecule has 7 heteroatoms. The Bertz CT molecular complexity index is 463. The van der Waals surface area contributed by atoms with Crippen LogP contribution < -0.4 is 0 Å². The SMILES string of the molecule is CCCCCCCCC=CCCCCCCCCOC(=O)CS(=O)(=O)O.[Na]. The maximum absolute atomic E-state index is 11.1. The zero-order valence-corrected chi connectivity index (χ0v) is 20.3. The average molecular weight is 414 g/mol. The monoisotopic (exact) mass is 413 g/mol. The van der Waals surface area contributed by atoms with Crippen LogP contribution in [0.25, 0.3) is 0 Å². The van der Waals surface area contributed by atoms with Gasteiger partial charge in [-0.3, -0.25) is 9.35 Å². The van der Waals surface area contributed by atoms with Crippen molar-refractivity contribution in [3.8, 4) is 0 Å². The third kappa shape index (κ3) is 26.1. The van der Waals surface area contributed by atoms with Gasteiger partial charge in [-0.05, 0) is 32.1 Å². The van der Waals surface area contributed by atoms with E-state index in [1.54, 1.807) is 0 Å². The van der Waals surface area contributed by atoms with E-state index in [1.807, 2.05) is 0 Å². The van der Waals surface area contributed by atoms with Gasteiger partial charge in [-0.15, -0.1) is 0 Å². The van der Waals surface area contributed by atoms with Crippen LogP contribution in [0.5, 0.6) is 0 Å². The number of unbranched alkanes of at least 4 members (excludes halogenated alkanes) is 12. The van der Waals surface area contributed by atoms with Crippen LogP contribution in [0.4, 0.5) is 0 Å². The number of allylic oxidation sites excluding steroid dienone is 2. The first-order chi connectivity index (χ1) is 12.5. The molecule has 0 saturated heterocycles. The number of ether oxygens (including phenoxy) is 1. The summed E-state index contributed by atoms with van der Waals surface area (Å²) in [6.07, 6.45) is 21.5. The van der Waals surface area contributed by atoms with Gasteiger partial charge in [-0.2, -0.15) is 8.42 Å². The Hall–Kier alpha value is 0.120. The van der Waals surface area contributed by atoms with E-state index in [0.717, 1.165) is 25.7 Å². The van der Waals surface area contributed by atoms with Crippen molar-refractivity contribution < 1.29 is 22.5 Å². The van der Waals surface area contributed by atoms with Crippen molar-refractivity contribution in [1.29, 1.82) is 0 Å². The summed E-state index contributed by atoms with van der Waals surface area (Å²) in [6.45, 7) is 2.46. The molecule has 0 aliphatic carbocycles. The van der Waals surface area contributed by atoms with Crippen LogP contribution in [0.15, 0.2) is 12.2 Å². The summed E-state index contributed by atoms with van der Waals surface area (Å²) < 4.78 is 34.2. The van der Waals surface area contributed by atoms with Crippen LogP contribution >= 0.6 is 0 Å². The summed E-state index contributed by atoms with van der Waals surface area (Å²) in [7, 11) is -4.28. The molecule has 155 valence electrons. The van der Waals surface area contributed by atoms with Crippen LogP contribution in [0.1, 0.15) is 96.8 Å². The summed E-state index contributed by atoms with van der Waals surface area (Å²) in [5.41, 5.74) is 0. The number of carbonyl (C=O) groups is 1. The molecule has 27 heavy (non-hydrogen) atoms. The molecular formula is C20H38NaO5S. The molecule has 0 fully saturated rings. The van der Waals surface area contributed by atoms with Gasteiger partial charge >= 0.3 is 5.97 Å². The summed E-state index contributed by atoms with van der Waals surface area (Å²) in [4.78, 5) is 11.1. The molecule has 0 aliphatic rings. The molecule has 0 bridgehead atoms. The maximum atomic E-state index is 11.1. The van der Waals surface area contributed by atoms with E-state index in [1.165, 1.54) is 64.2 Å². The average Bonchev–Trinajstić information content (AvgIpc) is 2.56. The standard InChI is InChI=1S/C20H38O5S.Na/c1-2-3-4-5-6-7-8-9-10-11-12-13-14-15-16-17-18-25-20(21)19-26(22,23)24;/h9-10H,2-8,11-19H2,1H3,(H,22,23,24);. The number of hydrogen-bond acceptors (Lipinski definition) is 4. The van der Waals surface area contributed by atoms with E-state index in [9.17, 15) is 13.2 Å². The first-order valence-electron chi connectivity index (χ1n) is 10.2. The fourth-order valence-electron chi connectivity index (χ4n) is 2.73. The Morgan fingerprint density at radius 3 is 1.74 bits per heavy atom. The van der Waals surface area contributed by atoms with Gasteiger partial charge in [0.05, 0.1) is 6.61 Å². The van der Waals surface area contributed by atoms with Crippen molar-refractivity contribution in [2.24, 2.45) is 0 Å². The van der Waals surface area contributed by atoms with Crippen molar-refractivity contribution in [1.82, 2.24) is 0 Å². The second-order valence-corrected chi connectivity index (χ2v) is 8.34. The van der Waals surface area contributed by atoms with Gasteiger partial charge in [0.15, 0.2) is 5.75 Å². The zero-order valence-electron chi connectivity index (χ0n) is 17.5. The van der Waals surface area contributed by atoms with Gasteiger partial charge in [0.25, 0.3) is 10.1 Å². The maximum Gasteiger partial charge on any atom is 0.323 e. The largest absolute Gasteiger partial charge is 0.465 e. The van der Waals surface area contributed by atoms with Gasteiger partial charge in [0, 0.05) is 29.6 Å². The van der Waals surface area contributed by atoms with Crippen molar-refractivity contribution in [2.75, 3.05) is 12.4 Å². The molecule has 0 aromatic heterocycles. The van der Waals surface area contributed by atoms with Crippen molar-refractivity contribution in [3.63, 3.8) is 0 Å². The molecule has 0 aromatic rings. The number of rotatable bonds is 18. The topological polar surface area (TPSA) is 80.7 Å². The van der Waals surface area contributed by atoms with Crippen LogP contribution in [0, 0.1) is 0 Å². The van der Waals surface area contributed by atoms with Crippen LogP contribution in [0.2, 0.25) is 0 Å². The van der Waals surface area contributed by atoms with Gasteiger partial charge in [0.1, 0.15) is 0 Å². The fraction of sp³-hybridized carbons (Fsp3) is 0.850. The second-order valence-electron chi connectivity index (χ2n) is 6.88. The predicted octanol–water partition coefficient (Wildman–Crippen LogP) is 5.07. The van der Waals surface area contributed by atoms with E-state index in [2.05, 4.69) is 19.1 Å². The van der Waals surface area contributed by atoms with Gasteiger partial charge in [-0.25, -0.2) is 0 Å². The quantitative estimate of drug-likeness (QED) is 0.111. The second kappa shape index (κ2) is 20.8. The Kier molecular flexibility index (Phi) is 22.6. The zero-order chi connectivity index (χ0) is 19.5. The first kappa shape index (κ1) is 29.3. The summed E-state index contributed by atoms with van der Waals surface area (Å²) >= 11 is 0. The minimum atomic E-state index is -4.28. The minimum absolute atomic E-state index is 0. The minimum Gasteiger partial charge on any atom is -0.465 e. The van der Waals surface area contributed by atoms with Crippen LogP contribution in [-0.2, 0) is 19.6 Å². The molecule has 1 N–H and O–H groups in total. The van der Waals surface area contributed by atoms with Crippen molar-refractivity contribution in [2.45, 2.75) is 96.8 Å². The molecule has 0 spiro atoms. The van der Waals surface area contributed by atoms with Crippen molar-refractivity contribution in [3.05, 3.63) is 12.2 Å². The van der Waals surface area contributed by atoms with Gasteiger partial charge < -0.3 is 4.74 Å². The van der Waals surface area contributed by atoms with E-state index in [0.29, 0.717) is 0 Å². The fourth-order valence-corrected chi connectivity index (χ4v) is 3.11. The van der Waals surface area contributed by atoms with Crippen LogP contribution in [0.3, 0.4) is 0 Å². The smallest absolute Gasteiger partial charge is 0.323 e. The molecule has 0 heterocycles. The Labute approximate surface area is 188 Å². The van der Waals surface area contributed by atoms with Gasteiger partial charge in [0.2, 0.25) is 0 Å². The van der Waals surface area contributed by atoms with E-state index >= 15 is 0 Å². The molecule has 1 radical (unpaired) electrons. The van der Waals surface area contributed by atoms with E-state index in [-0.39, 0.29) is 36.2 Å². The number of esters is 1. The summed E-state index contributed by atoms with van der Waals surface area (Å²) in [5, 5.41) is 0. The van der Waals surface area contributed by atoms with Gasteiger partial charge in [-0.1, -0.05) is 76.9 Å². The van der Waals surface area contributed by atoms with E-state index < -0.39 is 21.8 Å². The Balaban J connectivity index is 0. The summed E-state index contributed by atoms with van der Waals surface area (Å²) in [5.74, 6) is -1.85. The molecule has 0 amide bonds. The molecule has 0 atom stereocenters.